The van der Waals surface area contributed by atoms with Gasteiger partial charge in [0.2, 0.25) is 5.96 Å². The van der Waals surface area contributed by atoms with Crippen molar-refractivity contribution in [2.24, 2.45) is 4.99 Å². The van der Waals surface area contributed by atoms with E-state index in [1.807, 2.05) is 67.5 Å². The van der Waals surface area contributed by atoms with Crippen molar-refractivity contribution in [3.8, 4) is 22.6 Å². The lowest BCUT2D eigenvalue weighted by atomic mass is 10.1. The van der Waals surface area contributed by atoms with Gasteiger partial charge in [-0.05, 0) is 63.6 Å². The second-order valence-electron chi connectivity index (χ2n) is 10.6. The van der Waals surface area contributed by atoms with E-state index in [0.717, 1.165) is 22.9 Å². The summed E-state index contributed by atoms with van der Waals surface area (Å²) in [4.78, 5) is 31.6. The quantitative estimate of drug-likeness (QED) is 0.336. The predicted molar refractivity (Wildman–Crippen MR) is 147 cm³/mol. The molecule has 0 atom stereocenters. The van der Waals surface area contributed by atoms with Crippen molar-refractivity contribution in [2.75, 3.05) is 18.0 Å². The SMILES string of the molecule is CCN1C(=O)c2nc(-c3ccc(-c4cccc(C)c4)nc3)n(Cc3ccc(F)c(F)c3)c2N2CC(C)(C)N=C12. The minimum atomic E-state index is -0.926. The normalized spacial score (nSPS) is 15.8. The molecule has 7 nitrogen and oxygen atoms in total. The van der Waals surface area contributed by atoms with Gasteiger partial charge in [0.15, 0.2) is 17.3 Å². The van der Waals surface area contributed by atoms with E-state index >= 15 is 0 Å². The van der Waals surface area contributed by atoms with Crippen molar-refractivity contribution in [3.63, 3.8) is 0 Å². The molecule has 198 valence electrons. The second kappa shape index (κ2) is 9.11. The summed E-state index contributed by atoms with van der Waals surface area (Å²) >= 11 is 0. The van der Waals surface area contributed by atoms with Gasteiger partial charge in [0.05, 0.1) is 24.3 Å². The van der Waals surface area contributed by atoms with Crippen molar-refractivity contribution in [2.45, 2.75) is 39.8 Å². The Bertz CT molecular complexity index is 1640. The number of pyridine rings is 1. The number of guanidine groups is 1. The first kappa shape index (κ1) is 24.9. The van der Waals surface area contributed by atoms with Gasteiger partial charge >= 0.3 is 0 Å². The first-order chi connectivity index (χ1) is 18.6. The molecule has 2 aromatic carbocycles. The molecule has 0 unspecified atom stereocenters. The van der Waals surface area contributed by atoms with Crippen LogP contribution in [-0.4, -0.2) is 49.9 Å². The number of rotatable bonds is 5. The van der Waals surface area contributed by atoms with Gasteiger partial charge in [-0.1, -0.05) is 29.8 Å². The number of hydrogen-bond acceptors (Lipinski definition) is 5. The number of anilines is 1. The molecular weight excluding hydrogens is 498 g/mol. The Labute approximate surface area is 225 Å². The topological polar surface area (TPSA) is 66.6 Å². The summed E-state index contributed by atoms with van der Waals surface area (Å²) in [5, 5.41) is 0. The van der Waals surface area contributed by atoms with E-state index in [1.165, 1.54) is 6.07 Å². The molecule has 4 aromatic rings. The largest absolute Gasteiger partial charge is 0.305 e. The van der Waals surface area contributed by atoms with Crippen molar-refractivity contribution < 1.29 is 13.6 Å². The number of nitrogens with zero attached hydrogens (tertiary/aromatic N) is 6. The van der Waals surface area contributed by atoms with Crippen LogP contribution in [0.1, 0.15) is 42.4 Å². The first-order valence-corrected chi connectivity index (χ1v) is 12.9. The molecule has 0 fully saturated rings. The minimum Gasteiger partial charge on any atom is -0.305 e. The maximum Gasteiger partial charge on any atom is 0.283 e. The fourth-order valence-corrected chi connectivity index (χ4v) is 5.26. The minimum absolute atomic E-state index is 0.179. The van der Waals surface area contributed by atoms with Gasteiger partial charge < -0.3 is 4.57 Å². The zero-order valence-electron chi connectivity index (χ0n) is 22.2. The van der Waals surface area contributed by atoms with Gasteiger partial charge in [0.1, 0.15) is 11.6 Å². The highest BCUT2D eigenvalue weighted by molar-refractivity contribution is 6.18. The lowest BCUT2D eigenvalue weighted by Crippen LogP contribution is -2.51. The lowest BCUT2D eigenvalue weighted by molar-refractivity contribution is 0.0841. The van der Waals surface area contributed by atoms with Crippen LogP contribution in [0.15, 0.2) is 65.8 Å². The van der Waals surface area contributed by atoms with E-state index < -0.39 is 17.2 Å². The van der Waals surface area contributed by atoms with Crippen LogP contribution in [0.4, 0.5) is 14.6 Å². The smallest absolute Gasteiger partial charge is 0.283 e. The highest BCUT2D eigenvalue weighted by atomic mass is 19.2. The lowest BCUT2D eigenvalue weighted by Gasteiger charge is -2.34. The molecule has 0 radical (unpaired) electrons. The number of fused-ring (bicyclic) bond motifs is 3. The van der Waals surface area contributed by atoms with E-state index in [0.29, 0.717) is 47.5 Å². The Hall–Kier alpha value is -4.40. The Morgan fingerprint density at radius 1 is 1.00 bits per heavy atom. The number of carbonyl (C=O) groups excluding carboxylic acids is 1. The summed E-state index contributed by atoms with van der Waals surface area (Å²) in [6, 6.07) is 15.8. The number of imidazole rings is 1. The molecule has 0 aliphatic carbocycles. The van der Waals surface area contributed by atoms with Crippen LogP contribution in [0.25, 0.3) is 22.6 Å². The van der Waals surface area contributed by atoms with Crippen molar-refractivity contribution >= 4 is 17.7 Å². The van der Waals surface area contributed by atoms with Gasteiger partial charge in [-0.25, -0.2) is 18.8 Å². The molecule has 2 aliphatic rings. The maximum absolute atomic E-state index is 14.2. The van der Waals surface area contributed by atoms with Crippen LogP contribution in [0.2, 0.25) is 0 Å². The van der Waals surface area contributed by atoms with Crippen molar-refractivity contribution in [3.05, 3.63) is 89.2 Å². The number of aryl methyl sites for hydroxylation is 1. The third-order valence-corrected chi connectivity index (χ3v) is 7.05. The summed E-state index contributed by atoms with van der Waals surface area (Å²) in [5.74, 6) is -0.391. The standard InChI is InChI=1S/C30H28F2N6O/c1-5-36-28(39)25-27(38-17-30(3,4)35-29(36)38)37(16-19-9-11-22(31)23(32)14-19)26(34-25)21-10-12-24(33-15-21)20-8-6-7-18(2)13-20/h6-15H,5,16-17H2,1-4H3. The highest BCUT2D eigenvalue weighted by Gasteiger charge is 2.45. The molecular formula is C30H28F2N6O. The van der Waals surface area contributed by atoms with E-state index in [2.05, 4.69) is 6.07 Å². The van der Waals surface area contributed by atoms with Crippen LogP contribution >= 0.6 is 0 Å². The average molecular weight is 527 g/mol. The number of carbonyl (C=O) groups is 1. The van der Waals surface area contributed by atoms with E-state index in [9.17, 15) is 13.6 Å². The number of aliphatic imine (C=N–C) groups is 1. The van der Waals surface area contributed by atoms with Crippen LogP contribution in [0.5, 0.6) is 0 Å². The van der Waals surface area contributed by atoms with Crippen LogP contribution < -0.4 is 4.90 Å². The molecule has 0 bridgehead atoms. The molecule has 0 N–H and O–H groups in total. The van der Waals surface area contributed by atoms with Gasteiger partial charge in [0, 0.05) is 23.9 Å². The molecule has 2 aliphatic heterocycles. The molecule has 1 amide bonds. The zero-order chi connectivity index (χ0) is 27.5. The monoisotopic (exact) mass is 526 g/mol. The molecule has 2 aromatic heterocycles. The van der Waals surface area contributed by atoms with Crippen molar-refractivity contribution in [1.82, 2.24) is 19.4 Å². The van der Waals surface area contributed by atoms with Crippen LogP contribution in [0, 0.1) is 18.6 Å². The summed E-state index contributed by atoms with van der Waals surface area (Å²) in [5.41, 5.74) is 4.08. The van der Waals surface area contributed by atoms with Gasteiger partial charge in [0.25, 0.3) is 5.91 Å². The maximum atomic E-state index is 14.2. The zero-order valence-corrected chi connectivity index (χ0v) is 22.2. The van der Waals surface area contributed by atoms with E-state index in [4.69, 9.17) is 15.0 Å². The Balaban J connectivity index is 1.51. The number of aromatic nitrogens is 3. The molecule has 4 heterocycles. The predicted octanol–water partition coefficient (Wildman–Crippen LogP) is 5.68. The van der Waals surface area contributed by atoms with Crippen LogP contribution in [0.3, 0.4) is 0 Å². The number of benzene rings is 2. The third-order valence-electron chi connectivity index (χ3n) is 7.05. The number of amides is 1. The summed E-state index contributed by atoms with van der Waals surface area (Å²) in [7, 11) is 0. The van der Waals surface area contributed by atoms with E-state index in [-0.39, 0.29) is 12.5 Å². The highest BCUT2D eigenvalue weighted by Crippen LogP contribution is 2.38. The second-order valence-corrected chi connectivity index (χ2v) is 10.6. The Morgan fingerprint density at radius 2 is 1.82 bits per heavy atom. The molecule has 6 rings (SSSR count). The van der Waals surface area contributed by atoms with Crippen LogP contribution in [-0.2, 0) is 6.54 Å². The molecule has 0 spiro atoms. The number of hydrogen-bond donors (Lipinski definition) is 0. The van der Waals surface area contributed by atoms with Crippen molar-refractivity contribution in [1.29, 1.82) is 0 Å². The molecule has 0 saturated heterocycles. The fourth-order valence-electron chi connectivity index (χ4n) is 5.26. The first-order valence-electron chi connectivity index (χ1n) is 12.9. The fraction of sp³-hybridized carbons (Fsp3) is 0.267. The summed E-state index contributed by atoms with van der Waals surface area (Å²) in [6.45, 7) is 9.14. The summed E-state index contributed by atoms with van der Waals surface area (Å²) < 4.78 is 29.8. The van der Waals surface area contributed by atoms with Gasteiger partial charge in [-0.2, -0.15) is 0 Å². The number of halogens is 2. The summed E-state index contributed by atoms with van der Waals surface area (Å²) in [6.07, 6.45) is 1.73. The Kier molecular flexibility index (Phi) is 5.82. The van der Waals surface area contributed by atoms with Gasteiger partial charge in [-0.15, -0.1) is 0 Å². The molecule has 9 heteroatoms. The Morgan fingerprint density at radius 3 is 2.51 bits per heavy atom. The molecule has 39 heavy (non-hydrogen) atoms. The third kappa shape index (κ3) is 4.27. The molecule has 0 saturated carbocycles. The average Bonchev–Trinajstić information content (AvgIpc) is 3.43. The van der Waals surface area contributed by atoms with Gasteiger partial charge in [-0.3, -0.25) is 19.6 Å². The van der Waals surface area contributed by atoms with E-state index in [1.54, 1.807) is 17.2 Å².